The van der Waals surface area contributed by atoms with Gasteiger partial charge in [0.1, 0.15) is 0 Å². The van der Waals surface area contributed by atoms with Crippen LogP contribution in [-0.2, 0) is 0 Å². The van der Waals surface area contributed by atoms with Crippen LogP contribution in [0, 0.1) is 5.92 Å². The highest BCUT2D eigenvalue weighted by Gasteiger charge is 2.28. The second kappa shape index (κ2) is 7.64. The van der Waals surface area contributed by atoms with Gasteiger partial charge in [-0.05, 0) is 43.6 Å². The van der Waals surface area contributed by atoms with E-state index >= 15 is 0 Å². The lowest BCUT2D eigenvalue weighted by Gasteiger charge is -2.35. The minimum absolute atomic E-state index is 0.0363. The summed E-state index contributed by atoms with van der Waals surface area (Å²) in [4.78, 5) is 14.2. The Morgan fingerprint density at radius 1 is 1.17 bits per heavy atom. The molecule has 1 aliphatic carbocycles. The summed E-state index contributed by atoms with van der Waals surface area (Å²) in [6.07, 6.45) is 8.83. The highest BCUT2D eigenvalue weighted by Crippen LogP contribution is 2.30. The zero-order chi connectivity index (χ0) is 16.1. The van der Waals surface area contributed by atoms with E-state index in [9.17, 15) is 9.90 Å². The summed E-state index contributed by atoms with van der Waals surface area (Å²) in [5.74, 6) is 0.232. The molecule has 2 atom stereocenters. The summed E-state index contributed by atoms with van der Waals surface area (Å²) in [5, 5.41) is 13.6. The van der Waals surface area contributed by atoms with E-state index in [0.29, 0.717) is 0 Å². The number of aliphatic hydroxyl groups is 1. The van der Waals surface area contributed by atoms with Gasteiger partial charge in [-0.3, -0.25) is 0 Å². The topological polar surface area (TPSA) is 52.6 Å². The van der Waals surface area contributed by atoms with Crippen molar-refractivity contribution in [2.45, 2.75) is 44.2 Å². The fourth-order valence-corrected chi connectivity index (χ4v) is 3.52. The molecule has 4 nitrogen and oxygen atoms in total. The van der Waals surface area contributed by atoms with E-state index in [4.69, 9.17) is 0 Å². The molecule has 1 saturated heterocycles. The highest BCUT2D eigenvalue weighted by atomic mass is 16.3. The first-order valence-electron chi connectivity index (χ1n) is 8.69. The molecule has 0 spiro atoms. The molecule has 3 rings (SSSR count). The number of aliphatic hydroxyl groups excluding tert-OH is 1. The molecule has 0 radical (unpaired) electrons. The molecule has 0 saturated carbocycles. The monoisotopic (exact) mass is 314 g/mol. The Kier molecular flexibility index (Phi) is 5.34. The average molecular weight is 314 g/mol. The van der Waals surface area contributed by atoms with Crippen molar-refractivity contribution < 1.29 is 9.90 Å². The molecule has 1 aromatic rings. The maximum absolute atomic E-state index is 12.3. The summed E-state index contributed by atoms with van der Waals surface area (Å²) in [5.41, 5.74) is 0.975. The van der Waals surface area contributed by atoms with Crippen molar-refractivity contribution in [3.05, 3.63) is 48.0 Å². The lowest BCUT2D eigenvalue weighted by atomic mass is 9.87. The van der Waals surface area contributed by atoms with Crippen LogP contribution in [0.15, 0.2) is 42.5 Å². The second-order valence-electron chi connectivity index (χ2n) is 6.60. The Labute approximate surface area is 138 Å². The Balaban J connectivity index is 1.49. The van der Waals surface area contributed by atoms with E-state index in [1.54, 1.807) is 0 Å². The normalized spacial score (nSPS) is 23.5. The van der Waals surface area contributed by atoms with Gasteiger partial charge in [0.15, 0.2) is 0 Å². The van der Waals surface area contributed by atoms with Crippen LogP contribution in [0.4, 0.5) is 4.79 Å². The quantitative estimate of drug-likeness (QED) is 0.842. The Hall–Kier alpha value is -1.81. The summed E-state index contributed by atoms with van der Waals surface area (Å²) in [6.45, 7) is 1.44. The number of carbonyl (C=O) groups excluding carboxylic acids is 1. The van der Waals surface area contributed by atoms with E-state index in [1.165, 1.54) is 0 Å². The molecule has 4 heteroatoms. The summed E-state index contributed by atoms with van der Waals surface area (Å²) < 4.78 is 0. The lowest BCUT2D eigenvalue weighted by Crippen LogP contribution is -2.48. The van der Waals surface area contributed by atoms with Crippen LogP contribution in [0.1, 0.15) is 43.8 Å². The molecular weight excluding hydrogens is 288 g/mol. The summed E-state index contributed by atoms with van der Waals surface area (Å²) in [6, 6.07) is 10.0. The second-order valence-corrected chi connectivity index (χ2v) is 6.60. The Morgan fingerprint density at radius 3 is 2.57 bits per heavy atom. The number of hydrogen-bond donors (Lipinski definition) is 2. The van der Waals surface area contributed by atoms with Gasteiger partial charge in [-0.15, -0.1) is 0 Å². The van der Waals surface area contributed by atoms with Gasteiger partial charge in [-0.25, -0.2) is 4.79 Å². The van der Waals surface area contributed by atoms with Crippen molar-refractivity contribution in [2.75, 3.05) is 13.1 Å². The zero-order valence-electron chi connectivity index (χ0n) is 13.5. The third kappa shape index (κ3) is 4.14. The van der Waals surface area contributed by atoms with Gasteiger partial charge < -0.3 is 15.3 Å². The third-order valence-corrected chi connectivity index (χ3v) is 4.98. The van der Waals surface area contributed by atoms with Crippen molar-refractivity contribution in [2.24, 2.45) is 5.92 Å². The fraction of sp³-hybridized carbons (Fsp3) is 0.526. The smallest absolute Gasteiger partial charge is 0.317 e. The Morgan fingerprint density at radius 2 is 1.91 bits per heavy atom. The van der Waals surface area contributed by atoms with Gasteiger partial charge >= 0.3 is 6.03 Å². The van der Waals surface area contributed by atoms with Crippen LogP contribution < -0.4 is 5.32 Å². The molecule has 1 aromatic carbocycles. The largest absolute Gasteiger partial charge is 0.388 e. The summed E-state index contributed by atoms with van der Waals surface area (Å²) >= 11 is 0. The van der Waals surface area contributed by atoms with E-state index in [-0.39, 0.29) is 18.0 Å². The van der Waals surface area contributed by atoms with Crippen LogP contribution in [0.3, 0.4) is 0 Å². The number of urea groups is 1. The molecule has 2 unspecified atom stereocenters. The number of piperidine rings is 1. The van der Waals surface area contributed by atoms with Crippen molar-refractivity contribution >= 4 is 6.03 Å². The number of hydrogen-bond acceptors (Lipinski definition) is 2. The number of likely N-dealkylation sites (tertiary alicyclic amines) is 1. The maximum atomic E-state index is 12.3. The molecule has 2 aliphatic rings. The van der Waals surface area contributed by atoms with E-state index < -0.39 is 6.10 Å². The van der Waals surface area contributed by atoms with Crippen LogP contribution in [0.25, 0.3) is 0 Å². The molecule has 1 aliphatic heterocycles. The predicted octanol–water partition coefficient (Wildman–Crippen LogP) is 3.25. The number of nitrogens with zero attached hydrogens (tertiary/aromatic N) is 1. The predicted molar refractivity (Wildman–Crippen MR) is 91.0 cm³/mol. The van der Waals surface area contributed by atoms with Gasteiger partial charge in [-0.2, -0.15) is 0 Å². The van der Waals surface area contributed by atoms with Gasteiger partial charge in [0.25, 0.3) is 0 Å². The number of allylic oxidation sites excluding steroid dienone is 1. The van der Waals surface area contributed by atoms with Crippen LogP contribution >= 0.6 is 0 Å². The molecule has 1 heterocycles. The number of rotatable bonds is 3. The Bertz CT molecular complexity index is 536. The lowest BCUT2D eigenvalue weighted by molar-refractivity contribution is 0.0662. The van der Waals surface area contributed by atoms with Crippen LogP contribution in [0.2, 0.25) is 0 Å². The molecule has 0 bridgehead atoms. The minimum atomic E-state index is -0.428. The molecular formula is C19H26N2O2. The van der Waals surface area contributed by atoms with Crippen molar-refractivity contribution in [1.82, 2.24) is 10.2 Å². The SMILES string of the molecule is O=C(NC1C=CCCC1)N1CCC(C(O)c2ccccc2)CC1. The van der Waals surface area contributed by atoms with Crippen molar-refractivity contribution in [1.29, 1.82) is 0 Å². The number of amides is 2. The van der Waals surface area contributed by atoms with Crippen molar-refractivity contribution in [3.8, 4) is 0 Å². The van der Waals surface area contributed by atoms with Gasteiger partial charge in [0.2, 0.25) is 0 Å². The molecule has 0 aromatic heterocycles. The summed E-state index contributed by atoms with van der Waals surface area (Å²) in [7, 11) is 0. The minimum Gasteiger partial charge on any atom is -0.388 e. The molecule has 2 amide bonds. The molecule has 124 valence electrons. The highest BCUT2D eigenvalue weighted by molar-refractivity contribution is 5.74. The molecule has 23 heavy (non-hydrogen) atoms. The van der Waals surface area contributed by atoms with Crippen molar-refractivity contribution in [3.63, 3.8) is 0 Å². The van der Waals surface area contributed by atoms with Crippen LogP contribution in [0.5, 0.6) is 0 Å². The first-order chi connectivity index (χ1) is 11.2. The number of carbonyl (C=O) groups is 1. The van der Waals surface area contributed by atoms with Crippen LogP contribution in [-0.4, -0.2) is 35.2 Å². The van der Waals surface area contributed by atoms with E-state index in [0.717, 1.165) is 50.8 Å². The van der Waals surface area contributed by atoms with E-state index in [2.05, 4.69) is 17.5 Å². The third-order valence-electron chi connectivity index (χ3n) is 4.98. The molecule has 1 fully saturated rings. The van der Waals surface area contributed by atoms with Gasteiger partial charge in [0.05, 0.1) is 6.10 Å². The zero-order valence-corrected chi connectivity index (χ0v) is 13.5. The van der Waals surface area contributed by atoms with Gasteiger partial charge in [0, 0.05) is 19.1 Å². The first-order valence-corrected chi connectivity index (χ1v) is 8.69. The van der Waals surface area contributed by atoms with Gasteiger partial charge in [-0.1, -0.05) is 42.5 Å². The molecule has 2 N–H and O–H groups in total. The standard InChI is InChI=1S/C19H26N2O2/c22-18(15-7-3-1-4-8-15)16-11-13-21(14-12-16)19(23)20-17-9-5-2-6-10-17/h1,3-5,7-9,16-18,22H,2,6,10-14H2,(H,20,23). The maximum Gasteiger partial charge on any atom is 0.317 e. The average Bonchev–Trinajstić information content (AvgIpc) is 2.63. The first kappa shape index (κ1) is 16.1. The fourth-order valence-electron chi connectivity index (χ4n) is 3.52. The number of benzene rings is 1. The van der Waals surface area contributed by atoms with E-state index in [1.807, 2.05) is 35.2 Å². The number of nitrogens with one attached hydrogen (secondary N) is 1.